The molecule has 1 aromatic rings. The first-order chi connectivity index (χ1) is 9.74. The maximum Gasteiger partial charge on any atom is 0.175 e. The van der Waals surface area contributed by atoms with Crippen LogP contribution in [0.15, 0.2) is 16.6 Å². The van der Waals surface area contributed by atoms with Crippen molar-refractivity contribution in [2.75, 3.05) is 19.8 Å². The van der Waals surface area contributed by atoms with Crippen LogP contribution < -0.4 is 14.8 Å². The molecule has 20 heavy (non-hydrogen) atoms. The lowest BCUT2D eigenvalue weighted by Gasteiger charge is -2.14. The van der Waals surface area contributed by atoms with Gasteiger partial charge in [-0.15, -0.1) is 0 Å². The van der Waals surface area contributed by atoms with Gasteiger partial charge in [-0.2, -0.15) is 0 Å². The summed E-state index contributed by atoms with van der Waals surface area (Å²) in [6, 6.07) is 4.06. The molecule has 0 radical (unpaired) electrons. The van der Waals surface area contributed by atoms with E-state index in [2.05, 4.69) is 21.2 Å². The Balaban J connectivity index is 1.61. The van der Waals surface area contributed by atoms with Gasteiger partial charge in [0.1, 0.15) is 0 Å². The molecule has 3 rings (SSSR count). The van der Waals surface area contributed by atoms with Gasteiger partial charge in [-0.3, -0.25) is 0 Å². The van der Waals surface area contributed by atoms with E-state index in [1.54, 1.807) is 0 Å². The minimum Gasteiger partial charge on any atom is -0.490 e. The van der Waals surface area contributed by atoms with Crippen LogP contribution in [0.2, 0.25) is 0 Å². The number of nitrogens with one attached hydrogen (secondary N) is 1. The first-order valence-corrected chi connectivity index (χ1v) is 8.00. The van der Waals surface area contributed by atoms with E-state index < -0.39 is 0 Å². The number of hydrogen-bond donors (Lipinski definition) is 2. The normalized spacial score (nSPS) is 19.5. The van der Waals surface area contributed by atoms with Gasteiger partial charge in [-0.25, -0.2) is 0 Å². The number of benzene rings is 1. The third-order valence-electron chi connectivity index (χ3n) is 3.71. The van der Waals surface area contributed by atoms with E-state index >= 15 is 0 Å². The molecule has 1 aromatic carbocycles. The molecular formula is C15H20BrNO3. The standard InChI is InChI=1S/C15H20BrNO3/c16-12-6-10(8-17-9-13(18)11-2-3-11)7-14-15(12)20-5-1-4-19-14/h6-7,11,13,17-18H,1-5,8-9H2. The van der Waals surface area contributed by atoms with Crippen LogP contribution in [0.3, 0.4) is 0 Å². The molecule has 110 valence electrons. The Hall–Kier alpha value is -0.780. The van der Waals surface area contributed by atoms with Crippen LogP contribution in [0.1, 0.15) is 24.8 Å². The number of aliphatic hydroxyl groups is 1. The molecular weight excluding hydrogens is 322 g/mol. The average molecular weight is 342 g/mol. The summed E-state index contributed by atoms with van der Waals surface area (Å²) >= 11 is 3.54. The summed E-state index contributed by atoms with van der Waals surface area (Å²) in [6.45, 7) is 2.75. The largest absolute Gasteiger partial charge is 0.490 e. The maximum atomic E-state index is 9.83. The predicted molar refractivity (Wildman–Crippen MR) is 80.2 cm³/mol. The topological polar surface area (TPSA) is 50.7 Å². The molecule has 1 unspecified atom stereocenters. The second kappa shape index (κ2) is 6.33. The maximum absolute atomic E-state index is 9.83. The fraction of sp³-hybridized carbons (Fsp3) is 0.600. The summed E-state index contributed by atoms with van der Waals surface area (Å²) < 4.78 is 12.3. The van der Waals surface area contributed by atoms with Gasteiger partial charge in [0.15, 0.2) is 11.5 Å². The zero-order chi connectivity index (χ0) is 13.9. The van der Waals surface area contributed by atoms with Crippen molar-refractivity contribution in [2.24, 2.45) is 5.92 Å². The van der Waals surface area contributed by atoms with Crippen molar-refractivity contribution in [1.29, 1.82) is 0 Å². The second-order valence-electron chi connectivity index (χ2n) is 5.49. The van der Waals surface area contributed by atoms with Gasteiger partial charge >= 0.3 is 0 Å². The zero-order valence-electron chi connectivity index (χ0n) is 11.4. The molecule has 0 saturated heterocycles. The number of hydrogen-bond acceptors (Lipinski definition) is 4. The van der Waals surface area contributed by atoms with Crippen molar-refractivity contribution in [3.63, 3.8) is 0 Å². The van der Waals surface area contributed by atoms with Crippen molar-refractivity contribution >= 4 is 15.9 Å². The van der Waals surface area contributed by atoms with Gasteiger partial charge < -0.3 is 19.9 Å². The lowest BCUT2D eigenvalue weighted by molar-refractivity contribution is 0.148. The first-order valence-electron chi connectivity index (χ1n) is 7.21. The molecule has 1 aliphatic heterocycles. The van der Waals surface area contributed by atoms with Crippen molar-refractivity contribution in [1.82, 2.24) is 5.32 Å². The fourth-order valence-electron chi connectivity index (χ4n) is 2.40. The van der Waals surface area contributed by atoms with Gasteiger partial charge in [0.25, 0.3) is 0 Å². The Morgan fingerprint density at radius 1 is 1.30 bits per heavy atom. The molecule has 1 saturated carbocycles. The number of rotatable bonds is 5. The first kappa shape index (κ1) is 14.2. The van der Waals surface area contributed by atoms with Crippen LogP contribution in [0.25, 0.3) is 0 Å². The summed E-state index contributed by atoms with van der Waals surface area (Å²) in [5, 5.41) is 13.1. The summed E-state index contributed by atoms with van der Waals surface area (Å²) in [7, 11) is 0. The molecule has 1 heterocycles. The third kappa shape index (κ3) is 3.45. The van der Waals surface area contributed by atoms with E-state index in [4.69, 9.17) is 9.47 Å². The minimum atomic E-state index is -0.209. The van der Waals surface area contributed by atoms with Gasteiger partial charge in [0.05, 0.1) is 23.8 Å². The third-order valence-corrected chi connectivity index (χ3v) is 4.30. The lowest BCUT2D eigenvalue weighted by atomic mass is 10.2. The summed E-state index contributed by atoms with van der Waals surface area (Å²) in [4.78, 5) is 0. The SMILES string of the molecule is OC(CNCc1cc(Br)c2c(c1)OCCCO2)C1CC1. The quantitative estimate of drug-likeness (QED) is 0.863. The van der Waals surface area contributed by atoms with E-state index in [1.165, 1.54) is 12.8 Å². The molecule has 4 nitrogen and oxygen atoms in total. The van der Waals surface area contributed by atoms with Gasteiger partial charge in [-0.05, 0) is 52.4 Å². The second-order valence-corrected chi connectivity index (χ2v) is 6.35. The highest BCUT2D eigenvalue weighted by atomic mass is 79.9. The predicted octanol–water partition coefficient (Wildman–Crippen LogP) is 2.47. The van der Waals surface area contributed by atoms with E-state index in [0.29, 0.717) is 25.7 Å². The Kier molecular flexibility index (Phi) is 4.48. The summed E-state index contributed by atoms with van der Waals surface area (Å²) in [6.07, 6.45) is 3.03. The fourth-order valence-corrected chi connectivity index (χ4v) is 3.00. The Morgan fingerprint density at radius 2 is 2.10 bits per heavy atom. The van der Waals surface area contributed by atoms with Crippen LogP contribution in [0.4, 0.5) is 0 Å². The molecule has 0 amide bonds. The highest BCUT2D eigenvalue weighted by Crippen LogP contribution is 2.38. The van der Waals surface area contributed by atoms with Gasteiger partial charge in [0, 0.05) is 19.5 Å². The van der Waals surface area contributed by atoms with Crippen molar-refractivity contribution in [3.8, 4) is 11.5 Å². The molecule has 0 bridgehead atoms. The lowest BCUT2D eigenvalue weighted by Crippen LogP contribution is -2.27. The highest BCUT2D eigenvalue weighted by Gasteiger charge is 2.29. The average Bonchev–Trinajstić information content (AvgIpc) is 3.25. The van der Waals surface area contributed by atoms with E-state index in [9.17, 15) is 5.11 Å². The Labute approximate surface area is 127 Å². The van der Waals surface area contributed by atoms with Crippen LogP contribution in [0.5, 0.6) is 11.5 Å². The molecule has 2 aliphatic rings. The van der Waals surface area contributed by atoms with Crippen molar-refractivity contribution in [3.05, 3.63) is 22.2 Å². The van der Waals surface area contributed by atoms with E-state index in [-0.39, 0.29) is 6.10 Å². The van der Waals surface area contributed by atoms with Crippen molar-refractivity contribution in [2.45, 2.75) is 31.9 Å². The molecule has 1 atom stereocenters. The van der Waals surface area contributed by atoms with E-state index in [1.807, 2.05) is 12.1 Å². The van der Waals surface area contributed by atoms with Crippen LogP contribution >= 0.6 is 15.9 Å². The number of fused-ring (bicyclic) bond motifs is 1. The van der Waals surface area contributed by atoms with Crippen LogP contribution in [-0.4, -0.2) is 31.0 Å². The number of halogens is 1. The molecule has 5 heteroatoms. The molecule has 1 fully saturated rings. The van der Waals surface area contributed by atoms with Gasteiger partial charge in [0.2, 0.25) is 0 Å². The molecule has 1 aliphatic carbocycles. The molecule has 0 spiro atoms. The van der Waals surface area contributed by atoms with Crippen molar-refractivity contribution < 1.29 is 14.6 Å². The molecule has 0 aromatic heterocycles. The Bertz CT molecular complexity index is 476. The smallest absolute Gasteiger partial charge is 0.175 e. The monoisotopic (exact) mass is 341 g/mol. The minimum absolute atomic E-state index is 0.209. The van der Waals surface area contributed by atoms with Crippen LogP contribution in [0, 0.1) is 5.92 Å². The molecule has 2 N–H and O–H groups in total. The summed E-state index contributed by atoms with van der Waals surface area (Å²) in [5.41, 5.74) is 1.13. The highest BCUT2D eigenvalue weighted by molar-refractivity contribution is 9.10. The number of aliphatic hydroxyl groups excluding tert-OH is 1. The summed E-state index contributed by atoms with van der Waals surface area (Å²) in [5.74, 6) is 2.11. The van der Waals surface area contributed by atoms with E-state index in [0.717, 1.165) is 34.5 Å². The Morgan fingerprint density at radius 3 is 2.90 bits per heavy atom. The number of ether oxygens (including phenoxy) is 2. The van der Waals surface area contributed by atoms with Crippen LogP contribution in [-0.2, 0) is 6.54 Å². The van der Waals surface area contributed by atoms with Gasteiger partial charge in [-0.1, -0.05) is 0 Å². The zero-order valence-corrected chi connectivity index (χ0v) is 13.0.